The van der Waals surface area contributed by atoms with E-state index in [0.29, 0.717) is 37.8 Å². The third kappa shape index (κ3) is 4.77. The van der Waals surface area contributed by atoms with E-state index in [4.69, 9.17) is 14.2 Å². The van der Waals surface area contributed by atoms with E-state index in [2.05, 4.69) is 6.07 Å². The van der Waals surface area contributed by atoms with E-state index in [1.54, 1.807) is 11.0 Å². The molecule has 0 atom stereocenters. The highest BCUT2D eigenvalue weighted by molar-refractivity contribution is 5.89. The summed E-state index contributed by atoms with van der Waals surface area (Å²) in [5.74, 6) is 0.634. The molecular formula is C23H23NO5. The summed E-state index contributed by atoms with van der Waals surface area (Å²) < 4.78 is 16.4. The molecule has 0 saturated heterocycles. The van der Waals surface area contributed by atoms with Crippen molar-refractivity contribution in [2.75, 3.05) is 26.4 Å². The number of carbonyl (C=O) groups is 2. The Morgan fingerprint density at radius 2 is 1.83 bits per heavy atom. The van der Waals surface area contributed by atoms with Crippen molar-refractivity contribution in [3.63, 3.8) is 0 Å². The van der Waals surface area contributed by atoms with Crippen molar-refractivity contribution in [3.8, 4) is 11.5 Å². The second-order valence-corrected chi connectivity index (χ2v) is 7.03. The largest absolute Gasteiger partial charge is 0.490 e. The van der Waals surface area contributed by atoms with Gasteiger partial charge in [-0.1, -0.05) is 30.3 Å². The van der Waals surface area contributed by atoms with Crippen LogP contribution in [-0.2, 0) is 27.3 Å². The van der Waals surface area contributed by atoms with E-state index in [-0.39, 0.29) is 12.5 Å². The number of fused-ring (bicyclic) bond motifs is 2. The Hall–Kier alpha value is -3.28. The maximum absolute atomic E-state index is 12.4. The Kier molecular flexibility index (Phi) is 5.79. The molecule has 0 spiro atoms. The maximum atomic E-state index is 12.4. The Morgan fingerprint density at radius 3 is 2.69 bits per heavy atom. The molecule has 2 aromatic rings. The van der Waals surface area contributed by atoms with Crippen LogP contribution in [0.4, 0.5) is 0 Å². The first kappa shape index (κ1) is 19.1. The van der Waals surface area contributed by atoms with Crippen molar-refractivity contribution in [3.05, 3.63) is 65.2 Å². The summed E-state index contributed by atoms with van der Waals surface area (Å²) in [6, 6.07) is 13.6. The molecule has 0 fully saturated rings. The number of hydrogen-bond donors (Lipinski definition) is 0. The van der Waals surface area contributed by atoms with E-state index in [0.717, 1.165) is 24.0 Å². The van der Waals surface area contributed by atoms with Crippen LogP contribution in [0.5, 0.6) is 11.5 Å². The number of benzene rings is 2. The van der Waals surface area contributed by atoms with Gasteiger partial charge in [0.2, 0.25) is 0 Å². The molecule has 6 nitrogen and oxygen atoms in total. The maximum Gasteiger partial charge on any atom is 0.331 e. The predicted molar refractivity (Wildman–Crippen MR) is 108 cm³/mol. The summed E-state index contributed by atoms with van der Waals surface area (Å²) in [4.78, 5) is 26.1. The Balaban J connectivity index is 1.29. The molecule has 2 aromatic carbocycles. The molecule has 2 aliphatic rings. The van der Waals surface area contributed by atoms with E-state index < -0.39 is 5.97 Å². The van der Waals surface area contributed by atoms with Crippen LogP contribution in [0.2, 0.25) is 0 Å². The van der Waals surface area contributed by atoms with Gasteiger partial charge in [-0.2, -0.15) is 0 Å². The van der Waals surface area contributed by atoms with Gasteiger partial charge in [-0.15, -0.1) is 0 Å². The lowest BCUT2D eigenvalue weighted by Crippen LogP contribution is -2.38. The quantitative estimate of drug-likeness (QED) is 0.590. The van der Waals surface area contributed by atoms with Crippen molar-refractivity contribution in [1.29, 1.82) is 0 Å². The summed E-state index contributed by atoms with van der Waals surface area (Å²) in [5.41, 5.74) is 3.21. The van der Waals surface area contributed by atoms with E-state index >= 15 is 0 Å². The Labute approximate surface area is 169 Å². The molecule has 0 unspecified atom stereocenters. The van der Waals surface area contributed by atoms with Gasteiger partial charge in [-0.05, 0) is 41.3 Å². The number of rotatable bonds is 4. The first-order valence-corrected chi connectivity index (χ1v) is 9.78. The van der Waals surface area contributed by atoms with Gasteiger partial charge in [-0.3, -0.25) is 4.79 Å². The fourth-order valence-corrected chi connectivity index (χ4v) is 3.43. The van der Waals surface area contributed by atoms with Gasteiger partial charge >= 0.3 is 5.97 Å². The van der Waals surface area contributed by atoms with Crippen LogP contribution in [-0.4, -0.2) is 43.1 Å². The average Bonchev–Trinajstić information content (AvgIpc) is 3.00. The zero-order chi connectivity index (χ0) is 20.1. The van der Waals surface area contributed by atoms with E-state index in [1.807, 2.05) is 36.4 Å². The molecule has 4 rings (SSSR count). The Bertz CT molecular complexity index is 937. The van der Waals surface area contributed by atoms with Crippen molar-refractivity contribution in [2.45, 2.75) is 19.4 Å². The van der Waals surface area contributed by atoms with Gasteiger partial charge in [0.1, 0.15) is 0 Å². The first-order chi connectivity index (χ1) is 14.2. The van der Waals surface area contributed by atoms with Gasteiger partial charge in [0, 0.05) is 25.6 Å². The molecular weight excluding hydrogens is 370 g/mol. The van der Waals surface area contributed by atoms with Crippen LogP contribution >= 0.6 is 0 Å². The lowest BCUT2D eigenvalue weighted by molar-refractivity contribution is -0.148. The Morgan fingerprint density at radius 1 is 1.03 bits per heavy atom. The fraction of sp³-hybridized carbons (Fsp3) is 0.304. The van der Waals surface area contributed by atoms with Gasteiger partial charge in [0.05, 0.1) is 13.2 Å². The average molecular weight is 393 g/mol. The molecule has 2 heterocycles. The van der Waals surface area contributed by atoms with Crippen LogP contribution in [0.1, 0.15) is 23.1 Å². The van der Waals surface area contributed by atoms with Gasteiger partial charge in [0.25, 0.3) is 5.91 Å². The normalized spacial score (nSPS) is 15.5. The predicted octanol–water partition coefficient (Wildman–Crippen LogP) is 2.99. The molecule has 6 heteroatoms. The molecule has 1 amide bonds. The van der Waals surface area contributed by atoms with Crippen LogP contribution in [0.3, 0.4) is 0 Å². The molecule has 150 valence electrons. The molecule has 0 bridgehead atoms. The smallest absolute Gasteiger partial charge is 0.331 e. The summed E-state index contributed by atoms with van der Waals surface area (Å²) >= 11 is 0. The van der Waals surface area contributed by atoms with E-state index in [9.17, 15) is 9.59 Å². The number of hydrogen-bond acceptors (Lipinski definition) is 5. The highest BCUT2D eigenvalue weighted by Crippen LogP contribution is 2.30. The number of esters is 1. The zero-order valence-electron chi connectivity index (χ0n) is 16.1. The van der Waals surface area contributed by atoms with Crippen molar-refractivity contribution in [1.82, 2.24) is 4.90 Å². The van der Waals surface area contributed by atoms with Gasteiger partial charge < -0.3 is 19.1 Å². The number of ether oxygens (including phenoxy) is 3. The number of amides is 1. The molecule has 0 aliphatic carbocycles. The summed E-state index contributed by atoms with van der Waals surface area (Å²) in [6.07, 6.45) is 4.61. The second kappa shape index (κ2) is 8.82. The molecule has 0 radical (unpaired) electrons. The third-order valence-corrected chi connectivity index (χ3v) is 5.00. The molecule has 0 aromatic heterocycles. The number of carbonyl (C=O) groups excluding carboxylic acids is 2. The number of nitrogens with zero attached hydrogens (tertiary/aromatic N) is 1. The first-order valence-electron chi connectivity index (χ1n) is 9.78. The summed E-state index contributed by atoms with van der Waals surface area (Å²) in [6.45, 7) is 2.17. The fourth-order valence-electron chi connectivity index (χ4n) is 3.43. The van der Waals surface area contributed by atoms with E-state index in [1.165, 1.54) is 11.6 Å². The van der Waals surface area contributed by atoms with Crippen LogP contribution in [0.25, 0.3) is 6.08 Å². The summed E-state index contributed by atoms with van der Waals surface area (Å²) in [5, 5.41) is 0. The SMILES string of the molecule is O=C(/C=C/c1ccc2c(c1)OCCCO2)OCC(=O)N1CCc2ccccc2C1. The minimum atomic E-state index is -0.553. The molecule has 0 saturated carbocycles. The van der Waals surface area contributed by atoms with Crippen LogP contribution < -0.4 is 9.47 Å². The lowest BCUT2D eigenvalue weighted by Gasteiger charge is -2.28. The van der Waals surface area contributed by atoms with Gasteiger partial charge in [0.15, 0.2) is 18.1 Å². The van der Waals surface area contributed by atoms with Crippen molar-refractivity contribution < 1.29 is 23.8 Å². The van der Waals surface area contributed by atoms with Crippen LogP contribution in [0, 0.1) is 0 Å². The van der Waals surface area contributed by atoms with Crippen molar-refractivity contribution >= 4 is 18.0 Å². The van der Waals surface area contributed by atoms with Crippen molar-refractivity contribution in [2.24, 2.45) is 0 Å². The minimum absolute atomic E-state index is 0.183. The minimum Gasteiger partial charge on any atom is -0.490 e. The highest BCUT2D eigenvalue weighted by atomic mass is 16.5. The zero-order valence-corrected chi connectivity index (χ0v) is 16.1. The highest BCUT2D eigenvalue weighted by Gasteiger charge is 2.21. The third-order valence-electron chi connectivity index (χ3n) is 5.00. The second-order valence-electron chi connectivity index (χ2n) is 7.03. The standard InChI is InChI=1S/C23H23NO5/c25-22(24-11-10-18-4-1-2-5-19(18)15-24)16-29-23(26)9-7-17-6-8-20-21(14-17)28-13-3-12-27-20/h1-2,4-9,14H,3,10-13,15-16H2/b9-7+. The van der Waals surface area contributed by atoms with Crippen LogP contribution in [0.15, 0.2) is 48.5 Å². The monoisotopic (exact) mass is 393 g/mol. The molecule has 2 aliphatic heterocycles. The van der Waals surface area contributed by atoms with Gasteiger partial charge in [-0.25, -0.2) is 4.79 Å². The summed E-state index contributed by atoms with van der Waals surface area (Å²) in [7, 11) is 0. The lowest BCUT2D eigenvalue weighted by atomic mass is 10.00. The molecule has 29 heavy (non-hydrogen) atoms. The topological polar surface area (TPSA) is 65.1 Å². The molecule has 0 N–H and O–H groups in total.